The highest BCUT2D eigenvalue weighted by atomic mass is 15.2. The van der Waals surface area contributed by atoms with Crippen molar-refractivity contribution in [2.75, 3.05) is 18.5 Å². The van der Waals surface area contributed by atoms with E-state index in [9.17, 15) is 0 Å². The average molecular weight is 179 g/mol. The zero-order valence-electron chi connectivity index (χ0n) is 8.78. The summed E-state index contributed by atoms with van der Waals surface area (Å²) in [6.07, 6.45) is 1.80. The van der Waals surface area contributed by atoms with Crippen LogP contribution in [-0.4, -0.2) is 23.6 Å². The number of nitrogens with zero attached hydrogens (tertiary/aromatic N) is 3. The van der Waals surface area contributed by atoms with E-state index in [4.69, 9.17) is 0 Å². The molecule has 0 aliphatic rings. The maximum Gasteiger partial charge on any atom is 0.225 e. The molecule has 0 amide bonds. The molecule has 1 rings (SSSR count). The zero-order valence-corrected chi connectivity index (χ0v) is 8.78. The van der Waals surface area contributed by atoms with Crippen molar-refractivity contribution in [3.63, 3.8) is 0 Å². The van der Waals surface area contributed by atoms with Crippen LogP contribution >= 0.6 is 0 Å². The van der Waals surface area contributed by atoms with E-state index >= 15 is 0 Å². The second kappa shape index (κ2) is 4.21. The summed E-state index contributed by atoms with van der Waals surface area (Å²) < 4.78 is 0. The second-order valence-corrected chi connectivity index (χ2v) is 3.77. The fraction of sp³-hybridized carbons (Fsp3) is 0.600. The minimum Gasteiger partial charge on any atom is -0.344 e. The largest absolute Gasteiger partial charge is 0.344 e. The van der Waals surface area contributed by atoms with Gasteiger partial charge in [-0.05, 0) is 18.9 Å². The van der Waals surface area contributed by atoms with Crippen LogP contribution in [0, 0.1) is 12.8 Å². The Kier molecular flexibility index (Phi) is 3.23. The van der Waals surface area contributed by atoms with Crippen LogP contribution in [0.15, 0.2) is 12.3 Å². The molecule has 0 unspecified atom stereocenters. The molecule has 1 aromatic heterocycles. The quantitative estimate of drug-likeness (QED) is 0.709. The predicted octanol–water partition coefficient (Wildman–Crippen LogP) is 1.88. The number of anilines is 1. The lowest BCUT2D eigenvalue weighted by Gasteiger charge is -2.18. The standard InChI is InChI=1S/C10H17N3/c1-8(2)7-13(4)10-11-6-5-9(3)12-10/h5-6,8H,7H2,1-4H3. The van der Waals surface area contributed by atoms with Crippen LogP contribution in [0.25, 0.3) is 0 Å². The summed E-state index contributed by atoms with van der Waals surface area (Å²) in [6, 6.07) is 1.91. The molecule has 0 aliphatic heterocycles. The van der Waals surface area contributed by atoms with Crippen molar-refractivity contribution in [1.29, 1.82) is 0 Å². The van der Waals surface area contributed by atoms with E-state index in [1.165, 1.54) is 0 Å². The first-order valence-electron chi connectivity index (χ1n) is 4.60. The number of rotatable bonds is 3. The van der Waals surface area contributed by atoms with E-state index < -0.39 is 0 Å². The van der Waals surface area contributed by atoms with Crippen LogP contribution in [0.3, 0.4) is 0 Å². The van der Waals surface area contributed by atoms with Crippen molar-refractivity contribution in [3.05, 3.63) is 18.0 Å². The molecule has 3 heteroatoms. The topological polar surface area (TPSA) is 29.0 Å². The molecule has 0 N–H and O–H groups in total. The monoisotopic (exact) mass is 179 g/mol. The molecule has 72 valence electrons. The second-order valence-electron chi connectivity index (χ2n) is 3.77. The van der Waals surface area contributed by atoms with Gasteiger partial charge in [0.05, 0.1) is 0 Å². The normalized spacial score (nSPS) is 10.5. The van der Waals surface area contributed by atoms with E-state index in [-0.39, 0.29) is 0 Å². The fourth-order valence-electron chi connectivity index (χ4n) is 1.25. The summed E-state index contributed by atoms with van der Waals surface area (Å²) in [5.74, 6) is 1.45. The third kappa shape index (κ3) is 3.01. The van der Waals surface area contributed by atoms with Gasteiger partial charge in [-0.1, -0.05) is 13.8 Å². The molecule has 0 saturated carbocycles. The summed E-state index contributed by atoms with van der Waals surface area (Å²) in [4.78, 5) is 10.6. The molecular weight excluding hydrogens is 162 g/mol. The van der Waals surface area contributed by atoms with Crippen LogP contribution < -0.4 is 4.90 Å². The van der Waals surface area contributed by atoms with Crippen molar-refractivity contribution in [2.45, 2.75) is 20.8 Å². The van der Waals surface area contributed by atoms with Gasteiger partial charge in [-0.2, -0.15) is 0 Å². The van der Waals surface area contributed by atoms with Crippen molar-refractivity contribution in [3.8, 4) is 0 Å². The lowest BCUT2D eigenvalue weighted by Crippen LogP contribution is -2.24. The van der Waals surface area contributed by atoms with Gasteiger partial charge in [0, 0.05) is 25.5 Å². The first-order chi connectivity index (χ1) is 6.09. The molecule has 1 heterocycles. The number of hydrogen-bond acceptors (Lipinski definition) is 3. The lowest BCUT2D eigenvalue weighted by molar-refractivity contribution is 0.629. The van der Waals surface area contributed by atoms with Gasteiger partial charge >= 0.3 is 0 Å². The summed E-state index contributed by atoms with van der Waals surface area (Å²) in [5.41, 5.74) is 1.01. The van der Waals surface area contributed by atoms with E-state index in [1.54, 1.807) is 6.20 Å². The Morgan fingerprint density at radius 1 is 1.46 bits per heavy atom. The molecule has 0 aliphatic carbocycles. The number of aryl methyl sites for hydroxylation is 1. The average Bonchev–Trinajstić information content (AvgIpc) is 2.03. The van der Waals surface area contributed by atoms with E-state index in [2.05, 4.69) is 28.7 Å². The number of hydrogen-bond donors (Lipinski definition) is 0. The molecule has 0 atom stereocenters. The fourth-order valence-corrected chi connectivity index (χ4v) is 1.25. The molecular formula is C10H17N3. The Morgan fingerprint density at radius 2 is 2.15 bits per heavy atom. The van der Waals surface area contributed by atoms with Crippen LogP contribution in [0.5, 0.6) is 0 Å². The van der Waals surface area contributed by atoms with Crippen molar-refractivity contribution in [1.82, 2.24) is 9.97 Å². The minimum absolute atomic E-state index is 0.633. The third-order valence-corrected chi connectivity index (χ3v) is 1.76. The lowest BCUT2D eigenvalue weighted by atomic mass is 10.2. The van der Waals surface area contributed by atoms with Crippen LogP contribution in [-0.2, 0) is 0 Å². The maximum atomic E-state index is 4.34. The Bertz CT molecular complexity index is 271. The van der Waals surface area contributed by atoms with Gasteiger partial charge < -0.3 is 4.90 Å². The van der Waals surface area contributed by atoms with Gasteiger partial charge in [0.2, 0.25) is 5.95 Å². The predicted molar refractivity (Wildman–Crippen MR) is 54.9 cm³/mol. The molecule has 0 spiro atoms. The first kappa shape index (κ1) is 9.96. The third-order valence-electron chi connectivity index (χ3n) is 1.76. The minimum atomic E-state index is 0.633. The molecule has 0 radical (unpaired) electrons. The highest BCUT2D eigenvalue weighted by molar-refractivity contribution is 5.28. The van der Waals surface area contributed by atoms with Crippen LogP contribution in [0.1, 0.15) is 19.5 Å². The van der Waals surface area contributed by atoms with Gasteiger partial charge in [0.25, 0.3) is 0 Å². The van der Waals surface area contributed by atoms with Gasteiger partial charge in [-0.15, -0.1) is 0 Å². The molecule has 0 fully saturated rings. The molecule has 13 heavy (non-hydrogen) atoms. The Balaban J connectivity index is 2.71. The highest BCUT2D eigenvalue weighted by Gasteiger charge is 2.05. The zero-order chi connectivity index (χ0) is 9.84. The molecule has 0 aromatic carbocycles. The summed E-state index contributed by atoms with van der Waals surface area (Å²) in [5, 5.41) is 0. The summed E-state index contributed by atoms with van der Waals surface area (Å²) in [7, 11) is 2.02. The van der Waals surface area contributed by atoms with E-state index in [0.717, 1.165) is 18.2 Å². The van der Waals surface area contributed by atoms with E-state index in [1.807, 2.05) is 20.0 Å². The summed E-state index contributed by atoms with van der Waals surface area (Å²) in [6.45, 7) is 7.34. The maximum absolute atomic E-state index is 4.34. The Labute approximate surface area is 79.8 Å². The van der Waals surface area contributed by atoms with Crippen LogP contribution in [0.4, 0.5) is 5.95 Å². The molecule has 1 aromatic rings. The highest BCUT2D eigenvalue weighted by Crippen LogP contribution is 2.06. The molecule has 3 nitrogen and oxygen atoms in total. The van der Waals surface area contributed by atoms with Gasteiger partial charge in [0.1, 0.15) is 0 Å². The summed E-state index contributed by atoms with van der Waals surface area (Å²) >= 11 is 0. The first-order valence-corrected chi connectivity index (χ1v) is 4.60. The number of aromatic nitrogens is 2. The molecule has 0 bridgehead atoms. The van der Waals surface area contributed by atoms with Crippen molar-refractivity contribution in [2.24, 2.45) is 5.92 Å². The molecule has 0 saturated heterocycles. The van der Waals surface area contributed by atoms with Crippen LogP contribution in [0.2, 0.25) is 0 Å². The van der Waals surface area contributed by atoms with E-state index in [0.29, 0.717) is 5.92 Å². The van der Waals surface area contributed by atoms with Gasteiger partial charge in [0.15, 0.2) is 0 Å². The van der Waals surface area contributed by atoms with Crippen molar-refractivity contribution < 1.29 is 0 Å². The SMILES string of the molecule is Cc1ccnc(N(C)CC(C)C)n1. The van der Waals surface area contributed by atoms with Gasteiger partial charge in [-0.25, -0.2) is 9.97 Å². The smallest absolute Gasteiger partial charge is 0.225 e. The Hall–Kier alpha value is -1.12. The van der Waals surface area contributed by atoms with Crippen molar-refractivity contribution >= 4 is 5.95 Å². The van der Waals surface area contributed by atoms with Gasteiger partial charge in [-0.3, -0.25) is 0 Å². The Morgan fingerprint density at radius 3 is 2.69 bits per heavy atom.